The Morgan fingerprint density at radius 1 is 1.12 bits per heavy atom. The van der Waals surface area contributed by atoms with Crippen LogP contribution in [-0.4, -0.2) is 5.91 Å². The quantitative estimate of drug-likeness (QED) is 0.845. The van der Waals surface area contributed by atoms with E-state index >= 15 is 0 Å². The van der Waals surface area contributed by atoms with Crippen molar-refractivity contribution in [2.75, 3.05) is 0 Å². The molecule has 1 amide bonds. The molecule has 17 heavy (non-hydrogen) atoms. The molecule has 0 radical (unpaired) electrons. The Kier molecular flexibility index (Phi) is 2.91. The number of halogens is 1. The van der Waals surface area contributed by atoms with Crippen LogP contribution in [0.2, 0.25) is 0 Å². The Morgan fingerprint density at radius 3 is 2.35 bits per heavy atom. The average molecular weight is 229 g/mol. The molecule has 0 atom stereocenters. The first kappa shape index (κ1) is 11.3. The Balaban J connectivity index is 2.56. The first-order valence-electron chi connectivity index (χ1n) is 5.25. The molecule has 2 rings (SSSR count). The third-order valence-corrected chi connectivity index (χ3v) is 2.63. The van der Waals surface area contributed by atoms with Crippen LogP contribution in [-0.2, 0) is 0 Å². The number of primary amides is 1. The van der Waals surface area contributed by atoms with E-state index in [1.165, 1.54) is 6.07 Å². The van der Waals surface area contributed by atoms with Crippen LogP contribution in [0.4, 0.5) is 4.39 Å². The summed E-state index contributed by atoms with van der Waals surface area (Å²) in [4.78, 5) is 11.0. The molecule has 86 valence electrons. The van der Waals surface area contributed by atoms with Gasteiger partial charge in [0.05, 0.1) is 5.56 Å². The van der Waals surface area contributed by atoms with Gasteiger partial charge in [0.1, 0.15) is 5.82 Å². The van der Waals surface area contributed by atoms with Gasteiger partial charge in [-0.25, -0.2) is 4.39 Å². The first-order chi connectivity index (χ1) is 8.09. The minimum absolute atomic E-state index is 0.0805. The van der Waals surface area contributed by atoms with E-state index in [-0.39, 0.29) is 5.56 Å². The lowest BCUT2D eigenvalue weighted by Crippen LogP contribution is -2.13. The number of nitrogens with two attached hydrogens (primary N) is 1. The van der Waals surface area contributed by atoms with Crippen molar-refractivity contribution in [2.24, 2.45) is 5.73 Å². The molecule has 2 nitrogen and oxygen atoms in total. The minimum atomic E-state index is -0.753. The number of aryl methyl sites for hydroxylation is 1. The van der Waals surface area contributed by atoms with Gasteiger partial charge in [-0.15, -0.1) is 0 Å². The third kappa shape index (κ3) is 2.18. The molecule has 0 aromatic heterocycles. The number of benzene rings is 2. The normalized spacial score (nSPS) is 10.2. The molecule has 0 saturated heterocycles. The molecule has 0 fully saturated rings. The highest BCUT2D eigenvalue weighted by molar-refractivity contribution is 5.94. The third-order valence-electron chi connectivity index (χ3n) is 2.63. The Hall–Kier alpha value is -2.16. The lowest BCUT2D eigenvalue weighted by Gasteiger charge is -2.06. The van der Waals surface area contributed by atoms with Crippen LogP contribution in [0.3, 0.4) is 0 Å². The topological polar surface area (TPSA) is 43.1 Å². The van der Waals surface area contributed by atoms with Crippen molar-refractivity contribution in [3.63, 3.8) is 0 Å². The standard InChI is InChI=1S/C14H12FNO/c1-9-5-7-10(8-6-9)11-3-2-4-12(13(11)15)14(16)17/h2-8H,1H3,(H2,16,17). The number of rotatable bonds is 2. The van der Waals surface area contributed by atoms with Crippen molar-refractivity contribution < 1.29 is 9.18 Å². The molecule has 0 saturated carbocycles. The van der Waals surface area contributed by atoms with Crippen LogP contribution in [0.1, 0.15) is 15.9 Å². The van der Waals surface area contributed by atoms with E-state index in [2.05, 4.69) is 0 Å². The van der Waals surface area contributed by atoms with E-state index < -0.39 is 11.7 Å². The fourth-order valence-electron chi connectivity index (χ4n) is 1.68. The first-order valence-corrected chi connectivity index (χ1v) is 5.25. The summed E-state index contributed by atoms with van der Waals surface area (Å²) in [6.07, 6.45) is 0. The Morgan fingerprint density at radius 2 is 1.76 bits per heavy atom. The average Bonchev–Trinajstić information content (AvgIpc) is 2.30. The zero-order valence-corrected chi connectivity index (χ0v) is 9.41. The zero-order valence-electron chi connectivity index (χ0n) is 9.41. The van der Waals surface area contributed by atoms with Crippen LogP contribution in [0.25, 0.3) is 11.1 Å². The van der Waals surface area contributed by atoms with Crippen molar-refractivity contribution in [3.05, 3.63) is 59.4 Å². The summed E-state index contributed by atoms with van der Waals surface area (Å²) in [5.41, 5.74) is 7.25. The molecule has 0 aliphatic carbocycles. The van der Waals surface area contributed by atoms with E-state index in [0.29, 0.717) is 5.56 Å². The monoisotopic (exact) mass is 229 g/mol. The van der Waals surface area contributed by atoms with E-state index in [1.807, 2.05) is 31.2 Å². The lowest BCUT2D eigenvalue weighted by atomic mass is 10.0. The van der Waals surface area contributed by atoms with Gasteiger partial charge < -0.3 is 5.73 Å². The second-order valence-electron chi connectivity index (χ2n) is 3.90. The second kappa shape index (κ2) is 4.37. The smallest absolute Gasteiger partial charge is 0.251 e. The predicted octanol–water partition coefficient (Wildman–Crippen LogP) is 2.90. The number of carbonyl (C=O) groups excluding carboxylic acids is 1. The highest BCUT2D eigenvalue weighted by Gasteiger charge is 2.13. The molecule has 2 N–H and O–H groups in total. The number of hydrogen-bond donors (Lipinski definition) is 1. The molecule has 0 spiro atoms. The van der Waals surface area contributed by atoms with Gasteiger partial charge in [0.2, 0.25) is 0 Å². The second-order valence-corrected chi connectivity index (χ2v) is 3.90. The SMILES string of the molecule is Cc1ccc(-c2cccc(C(N)=O)c2F)cc1. The van der Waals surface area contributed by atoms with Gasteiger partial charge in [0.15, 0.2) is 0 Å². The Labute approximate surface area is 98.9 Å². The van der Waals surface area contributed by atoms with E-state index in [4.69, 9.17) is 5.73 Å². The van der Waals surface area contributed by atoms with E-state index in [0.717, 1.165) is 11.1 Å². The van der Waals surface area contributed by atoms with Gasteiger partial charge in [-0.2, -0.15) is 0 Å². The molecule has 2 aromatic rings. The summed E-state index contributed by atoms with van der Waals surface area (Å²) < 4.78 is 14.0. The van der Waals surface area contributed by atoms with Gasteiger partial charge >= 0.3 is 0 Å². The van der Waals surface area contributed by atoms with Crippen LogP contribution in [0.5, 0.6) is 0 Å². The maximum absolute atomic E-state index is 14.0. The maximum atomic E-state index is 14.0. The largest absolute Gasteiger partial charge is 0.366 e. The maximum Gasteiger partial charge on any atom is 0.251 e. The number of hydrogen-bond acceptors (Lipinski definition) is 1. The zero-order chi connectivity index (χ0) is 12.4. The fraction of sp³-hybridized carbons (Fsp3) is 0.0714. The molecule has 0 unspecified atom stereocenters. The summed E-state index contributed by atoms with van der Waals surface area (Å²) in [6, 6.07) is 12.1. The van der Waals surface area contributed by atoms with Crippen molar-refractivity contribution >= 4 is 5.91 Å². The van der Waals surface area contributed by atoms with Crippen molar-refractivity contribution in [1.29, 1.82) is 0 Å². The molecule has 3 heteroatoms. The molecule has 0 aliphatic heterocycles. The van der Waals surface area contributed by atoms with Gasteiger partial charge in [-0.3, -0.25) is 4.79 Å². The van der Waals surface area contributed by atoms with Crippen LogP contribution < -0.4 is 5.73 Å². The molecule has 0 aliphatic rings. The molecular weight excluding hydrogens is 217 g/mol. The van der Waals surface area contributed by atoms with Gasteiger partial charge in [-0.1, -0.05) is 42.0 Å². The summed E-state index contributed by atoms with van der Waals surface area (Å²) in [5, 5.41) is 0. The van der Waals surface area contributed by atoms with Crippen LogP contribution in [0.15, 0.2) is 42.5 Å². The molecular formula is C14H12FNO. The van der Waals surface area contributed by atoms with Crippen LogP contribution >= 0.6 is 0 Å². The van der Waals surface area contributed by atoms with Gasteiger partial charge in [0, 0.05) is 5.56 Å². The van der Waals surface area contributed by atoms with Crippen molar-refractivity contribution in [2.45, 2.75) is 6.92 Å². The molecule has 2 aromatic carbocycles. The predicted molar refractivity (Wildman–Crippen MR) is 65.1 cm³/mol. The van der Waals surface area contributed by atoms with Crippen molar-refractivity contribution in [1.82, 2.24) is 0 Å². The highest BCUT2D eigenvalue weighted by atomic mass is 19.1. The van der Waals surface area contributed by atoms with Crippen molar-refractivity contribution in [3.8, 4) is 11.1 Å². The Bertz CT molecular complexity index is 561. The molecule has 0 bridgehead atoms. The minimum Gasteiger partial charge on any atom is -0.366 e. The highest BCUT2D eigenvalue weighted by Crippen LogP contribution is 2.25. The van der Waals surface area contributed by atoms with E-state index in [9.17, 15) is 9.18 Å². The van der Waals surface area contributed by atoms with Gasteiger partial charge in [-0.05, 0) is 18.6 Å². The summed E-state index contributed by atoms with van der Waals surface area (Å²) in [5.74, 6) is -1.32. The van der Waals surface area contributed by atoms with Crippen LogP contribution in [0, 0.1) is 12.7 Å². The summed E-state index contributed by atoms with van der Waals surface area (Å²) in [7, 11) is 0. The fourth-order valence-corrected chi connectivity index (χ4v) is 1.68. The lowest BCUT2D eigenvalue weighted by molar-refractivity contribution is 0.0996. The van der Waals surface area contributed by atoms with Gasteiger partial charge in [0.25, 0.3) is 5.91 Å². The molecule has 0 heterocycles. The van der Waals surface area contributed by atoms with E-state index in [1.54, 1.807) is 12.1 Å². The summed E-state index contributed by atoms with van der Waals surface area (Å²) >= 11 is 0. The number of carbonyl (C=O) groups is 1. The number of amides is 1. The summed E-state index contributed by atoms with van der Waals surface area (Å²) in [6.45, 7) is 1.96.